The molecular formula is C22H15Cl2N5O2S. The number of anilines is 1. The van der Waals surface area contributed by atoms with Gasteiger partial charge in [0.1, 0.15) is 10.8 Å². The van der Waals surface area contributed by atoms with Crippen LogP contribution in [-0.4, -0.2) is 25.7 Å². The summed E-state index contributed by atoms with van der Waals surface area (Å²) in [6, 6.07) is 14.3. The van der Waals surface area contributed by atoms with Crippen LogP contribution in [0.1, 0.15) is 21.9 Å². The molecule has 0 fully saturated rings. The maximum Gasteiger partial charge on any atom is 0.291 e. The van der Waals surface area contributed by atoms with Crippen molar-refractivity contribution < 1.29 is 9.21 Å². The van der Waals surface area contributed by atoms with Crippen LogP contribution in [0, 0.1) is 13.8 Å². The van der Waals surface area contributed by atoms with E-state index in [2.05, 4.69) is 20.6 Å². The molecule has 2 aromatic carbocycles. The molecule has 3 heterocycles. The van der Waals surface area contributed by atoms with Gasteiger partial charge in [-0.3, -0.25) is 4.79 Å². The number of carbonyl (C=O) groups is 1. The predicted octanol–water partition coefficient (Wildman–Crippen LogP) is 6.29. The molecule has 0 bridgehead atoms. The zero-order valence-electron chi connectivity index (χ0n) is 16.9. The van der Waals surface area contributed by atoms with Gasteiger partial charge in [0.05, 0.1) is 10.0 Å². The summed E-state index contributed by atoms with van der Waals surface area (Å²) >= 11 is 13.5. The lowest BCUT2D eigenvalue weighted by atomic mass is 10.1. The monoisotopic (exact) mass is 483 g/mol. The first kappa shape index (κ1) is 20.7. The van der Waals surface area contributed by atoms with Gasteiger partial charge in [0, 0.05) is 16.8 Å². The van der Waals surface area contributed by atoms with Crippen LogP contribution in [0.2, 0.25) is 10.0 Å². The number of nitrogens with one attached hydrogen (secondary N) is 1. The van der Waals surface area contributed by atoms with Gasteiger partial charge in [-0.15, -0.1) is 10.2 Å². The summed E-state index contributed by atoms with van der Waals surface area (Å²) in [4.78, 5) is 13.6. The van der Waals surface area contributed by atoms with Crippen molar-refractivity contribution in [1.82, 2.24) is 19.8 Å². The topological polar surface area (TPSA) is 85.3 Å². The highest BCUT2D eigenvalue weighted by atomic mass is 35.5. The van der Waals surface area contributed by atoms with E-state index in [-0.39, 0.29) is 11.7 Å². The third kappa shape index (κ3) is 3.77. The highest BCUT2D eigenvalue weighted by Gasteiger charge is 2.16. The molecule has 0 radical (unpaired) electrons. The largest absolute Gasteiger partial charge is 0.451 e. The van der Waals surface area contributed by atoms with Crippen molar-refractivity contribution in [2.45, 2.75) is 13.8 Å². The fourth-order valence-corrected chi connectivity index (χ4v) is 4.35. The number of carbonyl (C=O) groups excluding carboxylic acids is 1. The summed E-state index contributed by atoms with van der Waals surface area (Å²) in [5.74, 6) is 1.07. The molecule has 1 N–H and O–H groups in total. The van der Waals surface area contributed by atoms with E-state index in [9.17, 15) is 4.79 Å². The molecule has 0 saturated heterocycles. The average Bonchev–Trinajstić information content (AvgIpc) is 3.49. The normalized spacial score (nSPS) is 11.2. The van der Waals surface area contributed by atoms with Gasteiger partial charge >= 0.3 is 0 Å². The minimum Gasteiger partial charge on any atom is -0.451 e. The third-order valence-corrected chi connectivity index (χ3v) is 6.60. The molecule has 10 heteroatoms. The maximum atomic E-state index is 12.8. The molecule has 1 amide bonds. The van der Waals surface area contributed by atoms with Gasteiger partial charge in [-0.2, -0.15) is 9.61 Å². The van der Waals surface area contributed by atoms with E-state index in [0.29, 0.717) is 26.5 Å². The lowest BCUT2D eigenvalue weighted by Crippen LogP contribution is -2.11. The minimum atomic E-state index is -0.356. The second-order valence-corrected chi connectivity index (χ2v) is 8.90. The van der Waals surface area contributed by atoms with E-state index in [1.165, 1.54) is 11.3 Å². The number of aromatic nitrogens is 4. The summed E-state index contributed by atoms with van der Waals surface area (Å²) in [5, 5.41) is 17.2. The summed E-state index contributed by atoms with van der Waals surface area (Å²) in [7, 11) is 0. The van der Waals surface area contributed by atoms with Gasteiger partial charge in [0.15, 0.2) is 11.6 Å². The quantitative estimate of drug-likeness (QED) is 0.324. The summed E-state index contributed by atoms with van der Waals surface area (Å²) in [6.45, 7) is 3.77. The van der Waals surface area contributed by atoms with Crippen LogP contribution in [0.3, 0.4) is 0 Å². The molecule has 0 aliphatic carbocycles. The van der Waals surface area contributed by atoms with E-state index in [4.69, 9.17) is 27.6 Å². The first-order chi connectivity index (χ1) is 15.4. The molecule has 0 saturated carbocycles. The van der Waals surface area contributed by atoms with Gasteiger partial charge in [0.25, 0.3) is 5.91 Å². The number of benzene rings is 2. The molecule has 0 aliphatic rings. The standard InChI is InChI=1S/C22H15Cl2N5O2S/c1-11-3-4-14(21-28-29-12(2)26-27-22(29)32-21)10-17(11)25-20(30)19-8-7-18(31-19)13-5-6-15(23)16(24)9-13/h3-10H,1-2H3,(H,25,30). The van der Waals surface area contributed by atoms with Crippen LogP contribution in [0.4, 0.5) is 5.69 Å². The first-order valence-electron chi connectivity index (χ1n) is 9.55. The Labute approximate surface area is 196 Å². The Hall–Kier alpha value is -3.20. The van der Waals surface area contributed by atoms with Gasteiger partial charge in [-0.05, 0) is 55.8 Å². The van der Waals surface area contributed by atoms with Crippen LogP contribution < -0.4 is 5.32 Å². The SMILES string of the molecule is Cc1ccc(-c2nn3c(C)nnc3s2)cc1NC(=O)c1ccc(-c2ccc(Cl)c(Cl)c2)o1. The third-order valence-electron chi connectivity index (χ3n) is 4.91. The lowest BCUT2D eigenvalue weighted by Gasteiger charge is -2.09. The molecule has 7 nitrogen and oxygen atoms in total. The van der Waals surface area contributed by atoms with E-state index in [1.54, 1.807) is 34.8 Å². The fraction of sp³-hybridized carbons (Fsp3) is 0.0909. The van der Waals surface area contributed by atoms with E-state index in [1.807, 2.05) is 32.0 Å². The highest BCUT2D eigenvalue weighted by molar-refractivity contribution is 7.19. The number of hydrogen-bond acceptors (Lipinski definition) is 6. The Morgan fingerprint density at radius 2 is 1.81 bits per heavy atom. The molecular weight excluding hydrogens is 469 g/mol. The van der Waals surface area contributed by atoms with Crippen LogP contribution in [0.25, 0.3) is 26.9 Å². The molecule has 0 atom stereocenters. The van der Waals surface area contributed by atoms with Crippen LogP contribution in [0.15, 0.2) is 52.9 Å². The highest BCUT2D eigenvalue weighted by Crippen LogP contribution is 2.31. The molecule has 0 aliphatic heterocycles. The average molecular weight is 484 g/mol. The van der Waals surface area contributed by atoms with E-state index >= 15 is 0 Å². The predicted molar refractivity (Wildman–Crippen MR) is 126 cm³/mol. The van der Waals surface area contributed by atoms with Crippen LogP contribution in [-0.2, 0) is 0 Å². The van der Waals surface area contributed by atoms with Crippen molar-refractivity contribution in [3.8, 4) is 21.9 Å². The second kappa shape index (κ2) is 8.05. The molecule has 5 rings (SSSR count). The second-order valence-electron chi connectivity index (χ2n) is 7.13. The zero-order valence-corrected chi connectivity index (χ0v) is 19.2. The fourth-order valence-electron chi connectivity index (χ4n) is 3.17. The van der Waals surface area contributed by atoms with E-state index in [0.717, 1.165) is 27.5 Å². The Bertz CT molecular complexity index is 1490. The zero-order chi connectivity index (χ0) is 22.4. The lowest BCUT2D eigenvalue weighted by molar-refractivity contribution is 0.0997. The molecule has 160 valence electrons. The van der Waals surface area contributed by atoms with Gasteiger partial charge in [-0.25, -0.2) is 0 Å². The number of rotatable bonds is 4. The van der Waals surface area contributed by atoms with Crippen molar-refractivity contribution in [3.63, 3.8) is 0 Å². The van der Waals surface area contributed by atoms with Crippen molar-refractivity contribution in [2.75, 3.05) is 5.32 Å². The number of halogens is 2. The number of amides is 1. The van der Waals surface area contributed by atoms with Crippen molar-refractivity contribution in [3.05, 3.63) is 75.7 Å². The van der Waals surface area contributed by atoms with Crippen molar-refractivity contribution in [2.24, 2.45) is 0 Å². The van der Waals surface area contributed by atoms with E-state index < -0.39 is 0 Å². The van der Waals surface area contributed by atoms with Crippen LogP contribution >= 0.6 is 34.5 Å². The smallest absolute Gasteiger partial charge is 0.291 e. The van der Waals surface area contributed by atoms with Gasteiger partial charge in [0.2, 0.25) is 4.96 Å². The Kier molecular flexibility index (Phi) is 5.21. The van der Waals surface area contributed by atoms with Gasteiger partial charge in [-0.1, -0.05) is 46.7 Å². The van der Waals surface area contributed by atoms with Crippen molar-refractivity contribution >= 4 is 51.1 Å². The summed E-state index contributed by atoms with van der Waals surface area (Å²) < 4.78 is 7.45. The maximum absolute atomic E-state index is 12.8. The number of hydrogen-bond donors (Lipinski definition) is 1. The van der Waals surface area contributed by atoms with Crippen LogP contribution in [0.5, 0.6) is 0 Å². The van der Waals surface area contributed by atoms with Gasteiger partial charge < -0.3 is 9.73 Å². The number of furan rings is 1. The summed E-state index contributed by atoms with van der Waals surface area (Å²) in [6.07, 6.45) is 0. The Morgan fingerprint density at radius 1 is 1.00 bits per heavy atom. The number of nitrogens with zero attached hydrogens (tertiary/aromatic N) is 4. The summed E-state index contributed by atoms with van der Waals surface area (Å²) in [5.41, 5.74) is 3.19. The molecule has 3 aromatic heterocycles. The molecule has 0 unspecified atom stereocenters. The Balaban J connectivity index is 1.40. The number of aryl methyl sites for hydroxylation is 2. The molecule has 5 aromatic rings. The molecule has 32 heavy (non-hydrogen) atoms. The minimum absolute atomic E-state index is 0.185. The first-order valence-corrected chi connectivity index (χ1v) is 11.1. The Morgan fingerprint density at radius 3 is 2.59 bits per heavy atom. The van der Waals surface area contributed by atoms with Crippen molar-refractivity contribution in [1.29, 1.82) is 0 Å². The molecule has 0 spiro atoms. The number of fused-ring (bicyclic) bond motifs is 1.